The first-order valence-electron chi connectivity index (χ1n) is 8.59. The summed E-state index contributed by atoms with van der Waals surface area (Å²) in [5.41, 5.74) is 5.00. The molecule has 5 nitrogen and oxygen atoms in total. The molecule has 6 heteroatoms. The van der Waals surface area contributed by atoms with Gasteiger partial charge in [-0.05, 0) is 42.0 Å². The van der Waals surface area contributed by atoms with Crippen LogP contribution in [-0.2, 0) is 11.2 Å². The van der Waals surface area contributed by atoms with Crippen LogP contribution in [0, 0.1) is 5.82 Å². The molecule has 4 rings (SSSR count). The van der Waals surface area contributed by atoms with Crippen LogP contribution in [0.4, 0.5) is 15.9 Å². The van der Waals surface area contributed by atoms with Gasteiger partial charge in [-0.15, -0.1) is 0 Å². The van der Waals surface area contributed by atoms with Crippen molar-refractivity contribution in [1.82, 2.24) is 10.2 Å². The molecule has 0 bridgehead atoms. The third kappa shape index (κ3) is 3.28. The fourth-order valence-electron chi connectivity index (χ4n) is 3.19. The van der Waals surface area contributed by atoms with Crippen LogP contribution in [0.2, 0.25) is 0 Å². The molecule has 0 spiro atoms. The predicted octanol–water partition coefficient (Wildman–Crippen LogP) is 4.28. The summed E-state index contributed by atoms with van der Waals surface area (Å²) in [6.07, 6.45) is 1.62. The minimum absolute atomic E-state index is 0.273. The van der Waals surface area contributed by atoms with Crippen molar-refractivity contribution in [2.75, 3.05) is 25.6 Å². The Kier molecular flexibility index (Phi) is 4.58. The van der Waals surface area contributed by atoms with E-state index in [1.807, 2.05) is 18.2 Å². The Balaban J connectivity index is 1.50. The fourth-order valence-corrected chi connectivity index (χ4v) is 3.19. The summed E-state index contributed by atoms with van der Waals surface area (Å²) in [6.45, 7) is 1.32. The Morgan fingerprint density at radius 1 is 1.19 bits per heavy atom. The van der Waals surface area contributed by atoms with E-state index in [1.165, 1.54) is 17.7 Å². The number of hydrogen-bond donors (Lipinski definition) is 2. The number of nitrogens with zero attached hydrogens (tertiary/aromatic N) is 1. The number of methoxy groups -OCH3 is 1. The number of halogens is 1. The number of anilines is 2. The lowest BCUT2D eigenvalue weighted by molar-refractivity contribution is 0.172. The van der Waals surface area contributed by atoms with Gasteiger partial charge in [0.25, 0.3) is 0 Å². The van der Waals surface area contributed by atoms with Crippen molar-refractivity contribution in [2.24, 2.45) is 0 Å². The molecule has 26 heavy (non-hydrogen) atoms. The summed E-state index contributed by atoms with van der Waals surface area (Å²) in [4.78, 5) is 0. The van der Waals surface area contributed by atoms with Crippen LogP contribution in [0.5, 0.6) is 5.75 Å². The number of hydrogen-bond acceptors (Lipinski definition) is 4. The first-order valence-corrected chi connectivity index (χ1v) is 8.59. The van der Waals surface area contributed by atoms with Crippen molar-refractivity contribution in [3.63, 3.8) is 0 Å². The van der Waals surface area contributed by atoms with Crippen LogP contribution < -0.4 is 10.1 Å². The zero-order chi connectivity index (χ0) is 17.9. The average Bonchev–Trinajstić information content (AvgIpc) is 3.18. The molecular weight excluding hydrogens is 333 g/mol. The summed E-state index contributed by atoms with van der Waals surface area (Å²) in [5, 5.41) is 10.7. The van der Waals surface area contributed by atoms with Gasteiger partial charge >= 0.3 is 0 Å². The molecule has 0 fully saturated rings. The van der Waals surface area contributed by atoms with Gasteiger partial charge in [0.1, 0.15) is 17.4 Å². The monoisotopic (exact) mass is 353 g/mol. The highest BCUT2D eigenvalue weighted by Crippen LogP contribution is 2.40. The summed E-state index contributed by atoms with van der Waals surface area (Å²) in [7, 11) is 1.69. The van der Waals surface area contributed by atoms with Crippen LogP contribution in [0.25, 0.3) is 11.3 Å². The van der Waals surface area contributed by atoms with E-state index in [9.17, 15) is 4.39 Å². The van der Waals surface area contributed by atoms with Crippen molar-refractivity contribution in [1.29, 1.82) is 0 Å². The van der Waals surface area contributed by atoms with Gasteiger partial charge in [0, 0.05) is 43.4 Å². The molecule has 0 amide bonds. The topological polar surface area (TPSA) is 59.2 Å². The van der Waals surface area contributed by atoms with Gasteiger partial charge in [-0.25, -0.2) is 4.39 Å². The Labute approximate surface area is 151 Å². The molecule has 0 saturated carbocycles. The molecule has 1 aliphatic carbocycles. The molecule has 1 aromatic heterocycles. The van der Waals surface area contributed by atoms with Crippen LogP contribution in [0.3, 0.4) is 0 Å². The van der Waals surface area contributed by atoms with E-state index in [-0.39, 0.29) is 5.82 Å². The van der Waals surface area contributed by atoms with E-state index in [0.717, 1.165) is 41.2 Å². The molecule has 1 heterocycles. The van der Waals surface area contributed by atoms with Gasteiger partial charge in [0.15, 0.2) is 0 Å². The minimum Gasteiger partial charge on any atom is -0.493 e. The highest BCUT2D eigenvalue weighted by Gasteiger charge is 2.25. The van der Waals surface area contributed by atoms with Gasteiger partial charge in [-0.2, -0.15) is 5.10 Å². The molecule has 0 saturated heterocycles. The van der Waals surface area contributed by atoms with Crippen LogP contribution in [0.1, 0.15) is 17.5 Å². The largest absolute Gasteiger partial charge is 0.493 e. The van der Waals surface area contributed by atoms with Crippen molar-refractivity contribution >= 4 is 11.5 Å². The number of H-pyrrole nitrogens is 1. The van der Waals surface area contributed by atoms with E-state index < -0.39 is 0 Å². The summed E-state index contributed by atoms with van der Waals surface area (Å²) in [6, 6.07) is 12.5. The lowest BCUT2D eigenvalue weighted by Gasteiger charge is -2.08. The fraction of sp³-hybridized carbons (Fsp3) is 0.250. The molecule has 0 atom stereocenters. The lowest BCUT2D eigenvalue weighted by Crippen LogP contribution is -2.01. The molecule has 3 aromatic rings. The third-order valence-corrected chi connectivity index (χ3v) is 4.42. The van der Waals surface area contributed by atoms with E-state index in [0.29, 0.717) is 18.9 Å². The van der Waals surface area contributed by atoms with Crippen LogP contribution in [0.15, 0.2) is 42.5 Å². The second-order valence-electron chi connectivity index (χ2n) is 6.25. The molecule has 2 N–H and O–H groups in total. The number of aromatic amines is 1. The zero-order valence-corrected chi connectivity index (χ0v) is 14.5. The summed E-state index contributed by atoms with van der Waals surface area (Å²) in [5.74, 6) is 1.38. The maximum atomic E-state index is 13.4. The van der Waals surface area contributed by atoms with Gasteiger partial charge in [0.2, 0.25) is 0 Å². The molecular formula is C20H20FN3O2. The number of ether oxygens (including phenoxy) is 2. The number of aromatic nitrogens is 2. The van der Waals surface area contributed by atoms with E-state index in [2.05, 4.69) is 21.6 Å². The van der Waals surface area contributed by atoms with Crippen molar-refractivity contribution in [3.05, 3.63) is 59.4 Å². The minimum atomic E-state index is -0.273. The van der Waals surface area contributed by atoms with E-state index >= 15 is 0 Å². The molecule has 0 aliphatic heterocycles. The van der Waals surface area contributed by atoms with Crippen LogP contribution >= 0.6 is 0 Å². The van der Waals surface area contributed by atoms with E-state index in [1.54, 1.807) is 13.2 Å². The molecule has 134 valence electrons. The molecule has 0 radical (unpaired) electrons. The standard InChI is InChI=1S/C20H20FN3O2/c1-25-8-3-9-26-16-6-7-17-13(10-16)11-18-19(17)23-24-20(18)22-15-5-2-4-14(21)12-15/h2,4-7,10,12H,3,8-9,11H2,1H3,(H2,22,23,24). The SMILES string of the molecule is COCCCOc1ccc2c(c1)Cc1c-2n[nH]c1Nc1cccc(F)c1. The maximum Gasteiger partial charge on any atom is 0.130 e. The smallest absolute Gasteiger partial charge is 0.130 e. The van der Waals surface area contributed by atoms with Gasteiger partial charge in [-0.1, -0.05) is 6.07 Å². The first-order chi connectivity index (χ1) is 12.7. The predicted molar refractivity (Wildman–Crippen MR) is 98.5 cm³/mol. The maximum absolute atomic E-state index is 13.4. The van der Waals surface area contributed by atoms with Gasteiger partial charge in [0.05, 0.1) is 12.3 Å². The van der Waals surface area contributed by atoms with Gasteiger partial charge < -0.3 is 14.8 Å². The highest BCUT2D eigenvalue weighted by molar-refractivity contribution is 5.80. The lowest BCUT2D eigenvalue weighted by atomic mass is 10.1. The molecule has 0 unspecified atom stereocenters. The van der Waals surface area contributed by atoms with Crippen LogP contribution in [-0.4, -0.2) is 30.5 Å². The third-order valence-electron chi connectivity index (χ3n) is 4.42. The number of nitrogens with one attached hydrogen (secondary N) is 2. The number of benzene rings is 2. The summed E-state index contributed by atoms with van der Waals surface area (Å²) >= 11 is 0. The second-order valence-corrected chi connectivity index (χ2v) is 6.25. The van der Waals surface area contributed by atoms with Crippen molar-refractivity contribution < 1.29 is 13.9 Å². The zero-order valence-electron chi connectivity index (χ0n) is 14.5. The van der Waals surface area contributed by atoms with E-state index in [4.69, 9.17) is 9.47 Å². The number of fused-ring (bicyclic) bond motifs is 3. The Hall–Kier alpha value is -2.86. The quantitative estimate of drug-likeness (QED) is 0.487. The first kappa shape index (κ1) is 16.6. The average molecular weight is 353 g/mol. The normalized spacial score (nSPS) is 11.9. The Morgan fingerprint density at radius 2 is 2.12 bits per heavy atom. The molecule has 2 aromatic carbocycles. The Morgan fingerprint density at radius 3 is 2.96 bits per heavy atom. The molecule has 1 aliphatic rings. The second kappa shape index (κ2) is 7.17. The van der Waals surface area contributed by atoms with Gasteiger partial charge in [-0.3, -0.25) is 5.10 Å². The van der Waals surface area contributed by atoms with Crippen molar-refractivity contribution in [3.8, 4) is 17.0 Å². The van der Waals surface area contributed by atoms with Crippen molar-refractivity contribution in [2.45, 2.75) is 12.8 Å². The summed E-state index contributed by atoms with van der Waals surface area (Å²) < 4.78 is 24.2. The highest BCUT2D eigenvalue weighted by atomic mass is 19.1. The number of rotatable bonds is 7. The Bertz CT molecular complexity index is 923.